The van der Waals surface area contributed by atoms with Crippen LogP contribution in [0.2, 0.25) is 0 Å². The number of hydrogen-bond donors (Lipinski definition) is 7. The van der Waals surface area contributed by atoms with E-state index in [4.69, 9.17) is 4.74 Å². The van der Waals surface area contributed by atoms with Crippen LogP contribution in [0.25, 0.3) is 0 Å². The van der Waals surface area contributed by atoms with Crippen LogP contribution in [0.15, 0.2) is 0 Å². The van der Waals surface area contributed by atoms with Gasteiger partial charge in [0, 0.05) is 13.5 Å². The van der Waals surface area contributed by atoms with Gasteiger partial charge in [0.15, 0.2) is 6.29 Å². The molecular formula is C26H53NO8. The Morgan fingerprint density at radius 3 is 1.66 bits per heavy atom. The minimum atomic E-state index is -1.76. The molecule has 7 N–H and O–H groups in total. The topological polar surface area (TPSA) is 160 Å². The van der Waals surface area contributed by atoms with Crippen LogP contribution in [0, 0.1) is 0 Å². The molecule has 9 nitrogen and oxygen atoms in total. The largest absolute Gasteiger partial charge is 0.390 e. The molecule has 0 aliphatic heterocycles. The highest BCUT2D eigenvalue weighted by Crippen LogP contribution is 2.15. The van der Waals surface area contributed by atoms with E-state index in [9.17, 15) is 35.4 Å². The molecule has 0 spiro atoms. The highest BCUT2D eigenvalue weighted by molar-refractivity contribution is 5.72. The second kappa shape index (κ2) is 22.4. The maximum atomic E-state index is 10.8. The molecule has 0 aliphatic carbocycles. The Kier molecular flexibility index (Phi) is 21.9. The molecule has 6 atom stereocenters. The maximum Gasteiger partial charge on any atom is 0.216 e. The number of aliphatic hydroxyl groups excluding tert-OH is 6. The Morgan fingerprint density at radius 2 is 1.14 bits per heavy atom. The van der Waals surface area contributed by atoms with E-state index in [0.29, 0.717) is 6.42 Å². The Bertz CT molecular complexity index is 496. The van der Waals surface area contributed by atoms with E-state index in [1.165, 1.54) is 64.7 Å². The lowest BCUT2D eigenvalue weighted by Gasteiger charge is -2.27. The third-order valence-electron chi connectivity index (χ3n) is 6.35. The fraction of sp³-hybridized carbons (Fsp3) is 0.962. The number of carbonyl (C=O) groups is 1. The zero-order valence-electron chi connectivity index (χ0n) is 22.0. The maximum absolute atomic E-state index is 10.8. The summed E-state index contributed by atoms with van der Waals surface area (Å²) < 4.78 is 5.05. The third kappa shape index (κ3) is 19.0. The van der Waals surface area contributed by atoms with E-state index in [-0.39, 0.29) is 31.9 Å². The van der Waals surface area contributed by atoms with Crippen molar-refractivity contribution in [3.63, 3.8) is 0 Å². The fourth-order valence-electron chi connectivity index (χ4n) is 3.95. The van der Waals surface area contributed by atoms with Crippen LogP contribution >= 0.6 is 0 Å². The van der Waals surface area contributed by atoms with Gasteiger partial charge < -0.3 is 40.7 Å². The fourth-order valence-corrected chi connectivity index (χ4v) is 3.95. The molecule has 0 rings (SSSR count). The number of rotatable bonds is 24. The number of nitrogens with one attached hydrogen (secondary N) is 1. The zero-order valence-corrected chi connectivity index (χ0v) is 22.0. The standard InChI is InChI=1S/C26H53NO8/c1-3-4-5-6-7-8-9-10-11-12-13-14-15-21(29)22(30)17-19-35-26(34)25(33)24(32)23(31)16-18-27-20(2)28/h21-26,29-34H,3-19H2,1-2H3,(H,27,28). The molecule has 0 saturated heterocycles. The average Bonchev–Trinajstić information content (AvgIpc) is 2.82. The second-order valence-electron chi connectivity index (χ2n) is 9.68. The first-order valence-corrected chi connectivity index (χ1v) is 13.6. The summed E-state index contributed by atoms with van der Waals surface area (Å²) in [5.74, 6) is -0.282. The molecule has 0 aromatic rings. The highest BCUT2D eigenvalue weighted by atomic mass is 16.6. The monoisotopic (exact) mass is 507 g/mol. The van der Waals surface area contributed by atoms with E-state index in [1.54, 1.807) is 0 Å². The van der Waals surface area contributed by atoms with Crippen molar-refractivity contribution in [3.05, 3.63) is 0 Å². The minimum absolute atomic E-state index is 0.00540. The van der Waals surface area contributed by atoms with Gasteiger partial charge in [-0.25, -0.2) is 0 Å². The van der Waals surface area contributed by atoms with E-state index < -0.39 is 36.8 Å². The Labute approximate surface area is 211 Å². The van der Waals surface area contributed by atoms with Gasteiger partial charge in [-0.05, 0) is 19.3 Å². The number of amides is 1. The Balaban J connectivity index is 3.80. The summed E-state index contributed by atoms with van der Waals surface area (Å²) in [5.41, 5.74) is 0. The van der Waals surface area contributed by atoms with E-state index in [0.717, 1.165) is 19.3 Å². The van der Waals surface area contributed by atoms with Gasteiger partial charge in [-0.2, -0.15) is 0 Å². The molecule has 0 saturated carbocycles. The van der Waals surface area contributed by atoms with Crippen molar-refractivity contribution in [2.75, 3.05) is 13.2 Å². The number of aliphatic hydroxyl groups is 6. The molecule has 0 aliphatic rings. The summed E-state index contributed by atoms with van der Waals surface area (Å²) in [6, 6.07) is 0. The summed E-state index contributed by atoms with van der Waals surface area (Å²) in [6.45, 7) is 3.53. The second-order valence-corrected chi connectivity index (χ2v) is 9.68. The molecule has 6 unspecified atom stereocenters. The van der Waals surface area contributed by atoms with Crippen molar-refractivity contribution < 1.29 is 40.2 Å². The summed E-state index contributed by atoms with van der Waals surface area (Å²) in [4.78, 5) is 10.8. The molecule has 35 heavy (non-hydrogen) atoms. The van der Waals surface area contributed by atoms with Crippen LogP contribution in [0.3, 0.4) is 0 Å². The predicted octanol–water partition coefficient (Wildman–Crippen LogP) is 2.13. The molecule has 0 bridgehead atoms. The van der Waals surface area contributed by atoms with Crippen molar-refractivity contribution in [1.29, 1.82) is 0 Å². The molecule has 9 heteroatoms. The van der Waals surface area contributed by atoms with Gasteiger partial charge in [0.05, 0.1) is 24.9 Å². The molecule has 210 valence electrons. The van der Waals surface area contributed by atoms with Crippen molar-refractivity contribution in [2.45, 2.75) is 147 Å². The van der Waals surface area contributed by atoms with Crippen LogP contribution in [0.5, 0.6) is 0 Å². The van der Waals surface area contributed by atoms with Crippen molar-refractivity contribution in [2.24, 2.45) is 0 Å². The molecule has 0 aromatic heterocycles. The smallest absolute Gasteiger partial charge is 0.216 e. The summed E-state index contributed by atoms with van der Waals surface area (Å²) >= 11 is 0. The minimum Gasteiger partial charge on any atom is -0.390 e. The van der Waals surface area contributed by atoms with Crippen LogP contribution in [0.1, 0.15) is 110 Å². The van der Waals surface area contributed by atoms with Gasteiger partial charge in [0.1, 0.15) is 12.2 Å². The Hall–Kier alpha value is -0.810. The summed E-state index contributed by atoms with van der Waals surface area (Å²) in [6.07, 6.45) is 6.82. The first-order valence-electron chi connectivity index (χ1n) is 13.6. The van der Waals surface area contributed by atoms with Gasteiger partial charge in [-0.3, -0.25) is 4.79 Å². The highest BCUT2D eigenvalue weighted by Gasteiger charge is 2.31. The number of unbranched alkanes of at least 4 members (excludes halogenated alkanes) is 11. The van der Waals surface area contributed by atoms with Gasteiger partial charge in [0.25, 0.3) is 0 Å². The number of ether oxygens (including phenoxy) is 1. The quantitative estimate of drug-likeness (QED) is 0.0773. The van der Waals surface area contributed by atoms with Crippen LogP contribution in [-0.2, 0) is 9.53 Å². The van der Waals surface area contributed by atoms with Gasteiger partial charge in [0.2, 0.25) is 5.91 Å². The normalized spacial score (nSPS) is 16.9. The van der Waals surface area contributed by atoms with E-state index in [1.807, 2.05) is 0 Å². The molecule has 1 amide bonds. The zero-order chi connectivity index (χ0) is 26.5. The first kappa shape index (κ1) is 34.2. The number of carbonyl (C=O) groups excluding carboxylic acids is 1. The van der Waals surface area contributed by atoms with Gasteiger partial charge in [-0.15, -0.1) is 0 Å². The first-order chi connectivity index (χ1) is 16.7. The molecule has 0 radical (unpaired) electrons. The van der Waals surface area contributed by atoms with Crippen LogP contribution in [-0.4, -0.2) is 86.5 Å². The SMILES string of the molecule is CCCCCCCCCCCCCCC(O)C(O)CCOC(O)C(O)C(O)C(O)CCNC(C)=O. The molecular weight excluding hydrogens is 454 g/mol. The van der Waals surface area contributed by atoms with E-state index >= 15 is 0 Å². The predicted molar refractivity (Wildman–Crippen MR) is 136 cm³/mol. The van der Waals surface area contributed by atoms with Crippen LogP contribution in [0.4, 0.5) is 0 Å². The number of hydrogen-bond acceptors (Lipinski definition) is 8. The summed E-state index contributed by atoms with van der Waals surface area (Å²) in [7, 11) is 0. The lowest BCUT2D eigenvalue weighted by molar-refractivity contribution is -0.205. The van der Waals surface area contributed by atoms with Gasteiger partial charge >= 0.3 is 0 Å². The summed E-state index contributed by atoms with van der Waals surface area (Å²) in [5, 5.41) is 62.2. The van der Waals surface area contributed by atoms with E-state index in [2.05, 4.69) is 12.2 Å². The van der Waals surface area contributed by atoms with Crippen molar-refractivity contribution >= 4 is 5.91 Å². The molecule has 0 fully saturated rings. The molecule has 0 aromatic carbocycles. The Morgan fingerprint density at radius 1 is 0.657 bits per heavy atom. The molecule has 0 heterocycles. The van der Waals surface area contributed by atoms with Crippen molar-refractivity contribution in [3.8, 4) is 0 Å². The van der Waals surface area contributed by atoms with Gasteiger partial charge in [-0.1, -0.05) is 84.0 Å². The lowest BCUT2D eigenvalue weighted by atomic mass is 10.0. The lowest BCUT2D eigenvalue weighted by Crippen LogP contribution is -2.46. The van der Waals surface area contributed by atoms with Crippen molar-refractivity contribution in [1.82, 2.24) is 5.32 Å². The average molecular weight is 508 g/mol. The third-order valence-corrected chi connectivity index (χ3v) is 6.35. The van der Waals surface area contributed by atoms with Crippen LogP contribution < -0.4 is 5.32 Å².